The molecule has 1 N–H and O–H groups in total. The Morgan fingerprint density at radius 1 is 1.39 bits per heavy atom. The number of aromatic nitrogens is 1. The van der Waals surface area contributed by atoms with Gasteiger partial charge < -0.3 is 5.32 Å². The summed E-state index contributed by atoms with van der Waals surface area (Å²) >= 11 is 2.92. The summed E-state index contributed by atoms with van der Waals surface area (Å²) < 4.78 is 0. The summed E-state index contributed by atoms with van der Waals surface area (Å²) in [6, 6.07) is 6.20. The summed E-state index contributed by atoms with van der Waals surface area (Å²) in [7, 11) is 0. The van der Waals surface area contributed by atoms with Crippen molar-refractivity contribution < 1.29 is 9.72 Å². The fourth-order valence-electron chi connectivity index (χ4n) is 2.35. The quantitative estimate of drug-likeness (QED) is 0.506. The molecule has 0 spiro atoms. The third-order valence-corrected chi connectivity index (χ3v) is 5.74. The highest BCUT2D eigenvalue weighted by molar-refractivity contribution is 8.00. The lowest BCUT2D eigenvalue weighted by Crippen LogP contribution is -2.22. The van der Waals surface area contributed by atoms with Crippen LogP contribution >= 0.6 is 23.1 Å². The number of hydrogen-bond acceptors (Lipinski definition) is 6. The molecule has 3 rings (SSSR count). The Kier molecular flexibility index (Phi) is 4.63. The van der Waals surface area contributed by atoms with Crippen LogP contribution < -0.4 is 5.32 Å². The van der Waals surface area contributed by atoms with Gasteiger partial charge in [0, 0.05) is 21.9 Å². The van der Waals surface area contributed by atoms with E-state index >= 15 is 0 Å². The van der Waals surface area contributed by atoms with E-state index in [9.17, 15) is 14.9 Å². The van der Waals surface area contributed by atoms with Crippen molar-refractivity contribution >= 4 is 39.8 Å². The Bertz CT molecular complexity index is 721. The van der Waals surface area contributed by atoms with E-state index in [1.807, 2.05) is 6.92 Å². The normalized spacial score (nSPS) is 14.3. The van der Waals surface area contributed by atoms with Crippen molar-refractivity contribution in [3.8, 4) is 0 Å². The number of amides is 1. The second-order valence-corrected chi connectivity index (χ2v) is 7.74. The lowest BCUT2D eigenvalue weighted by atomic mass is 10.3. The summed E-state index contributed by atoms with van der Waals surface area (Å²) in [5, 5.41) is 13.8. The van der Waals surface area contributed by atoms with Crippen molar-refractivity contribution in [3.63, 3.8) is 0 Å². The van der Waals surface area contributed by atoms with Crippen LogP contribution in [0, 0.1) is 10.1 Å². The zero-order chi connectivity index (χ0) is 16.4. The number of thioether (sulfide) groups is 1. The van der Waals surface area contributed by atoms with E-state index < -0.39 is 4.92 Å². The molecule has 0 bridgehead atoms. The Hall–Kier alpha value is -1.93. The van der Waals surface area contributed by atoms with Crippen molar-refractivity contribution in [1.29, 1.82) is 0 Å². The van der Waals surface area contributed by atoms with E-state index in [4.69, 9.17) is 0 Å². The molecule has 2 aromatic rings. The molecular formula is C15H15N3O3S2. The van der Waals surface area contributed by atoms with Gasteiger partial charge in [0.05, 0.1) is 15.9 Å². The zero-order valence-corrected chi connectivity index (χ0v) is 14.1. The minimum atomic E-state index is -0.438. The van der Waals surface area contributed by atoms with E-state index in [1.165, 1.54) is 28.8 Å². The highest BCUT2D eigenvalue weighted by Crippen LogP contribution is 2.31. The molecule has 0 unspecified atom stereocenters. The highest BCUT2D eigenvalue weighted by atomic mass is 32.2. The number of non-ortho nitro benzene ring substituents is 1. The highest BCUT2D eigenvalue weighted by Gasteiger charge is 2.20. The fraction of sp³-hybridized carbons (Fsp3) is 0.333. The lowest BCUT2D eigenvalue weighted by molar-refractivity contribution is -0.384. The van der Waals surface area contributed by atoms with Crippen LogP contribution in [-0.2, 0) is 17.6 Å². The zero-order valence-electron chi connectivity index (χ0n) is 12.4. The molecule has 1 amide bonds. The van der Waals surface area contributed by atoms with Crippen LogP contribution in [0.25, 0.3) is 0 Å². The first kappa shape index (κ1) is 15.9. The van der Waals surface area contributed by atoms with Crippen LogP contribution in [0.15, 0.2) is 29.2 Å². The number of nitro groups is 1. The topological polar surface area (TPSA) is 85.1 Å². The summed E-state index contributed by atoms with van der Waals surface area (Å²) in [5.74, 6) is -0.110. The number of anilines is 1. The summed E-state index contributed by atoms with van der Waals surface area (Å²) in [6.07, 6.45) is 3.19. The van der Waals surface area contributed by atoms with Crippen molar-refractivity contribution in [2.75, 3.05) is 5.32 Å². The first-order chi connectivity index (χ1) is 11.0. The minimum Gasteiger partial charge on any atom is -0.301 e. The van der Waals surface area contributed by atoms with Crippen molar-refractivity contribution in [1.82, 2.24) is 4.98 Å². The fourth-order valence-corrected chi connectivity index (χ4v) is 4.28. The molecule has 0 aliphatic heterocycles. The van der Waals surface area contributed by atoms with Crippen LogP contribution in [-0.4, -0.2) is 21.1 Å². The predicted octanol–water partition coefficient (Wildman–Crippen LogP) is 3.66. The van der Waals surface area contributed by atoms with Crippen LogP contribution in [0.2, 0.25) is 0 Å². The maximum absolute atomic E-state index is 12.2. The number of nitrogens with one attached hydrogen (secondary N) is 1. The van der Waals surface area contributed by atoms with Crippen LogP contribution in [0.1, 0.15) is 23.9 Å². The van der Waals surface area contributed by atoms with Crippen LogP contribution in [0.3, 0.4) is 0 Å². The molecule has 0 saturated carbocycles. The Labute approximate surface area is 141 Å². The summed E-state index contributed by atoms with van der Waals surface area (Å²) in [5.41, 5.74) is 1.16. The van der Waals surface area contributed by atoms with Gasteiger partial charge in [-0.25, -0.2) is 4.98 Å². The molecule has 1 atom stereocenters. The van der Waals surface area contributed by atoms with Gasteiger partial charge in [0.15, 0.2) is 5.13 Å². The van der Waals surface area contributed by atoms with Gasteiger partial charge in [0.25, 0.3) is 5.69 Å². The molecule has 8 heteroatoms. The van der Waals surface area contributed by atoms with Gasteiger partial charge in [-0.1, -0.05) is 0 Å². The number of benzene rings is 1. The first-order valence-corrected chi connectivity index (χ1v) is 8.93. The van der Waals surface area contributed by atoms with Crippen molar-refractivity contribution in [3.05, 3.63) is 45.0 Å². The summed E-state index contributed by atoms with van der Waals surface area (Å²) in [4.78, 5) is 29.0. The Balaban J connectivity index is 1.59. The second-order valence-electron chi connectivity index (χ2n) is 5.24. The number of nitro benzene ring substituents is 1. The van der Waals surface area contributed by atoms with Gasteiger partial charge in [-0.15, -0.1) is 23.1 Å². The smallest absolute Gasteiger partial charge is 0.269 e. The van der Waals surface area contributed by atoms with E-state index in [1.54, 1.807) is 23.5 Å². The third-order valence-electron chi connectivity index (χ3n) is 3.56. The number of nitrogens with zero attached hydrogens (tertiary/aromatic N) is 2. The van der Waals surface area contributed by atoms with Gasteiger partial charge in [-0.05, 0) is 38.3 Å². The molecule has 0 saturated heterocycles. The monoisotopic (exact) mass is 349 g/mol. The molecule has 0 radical (unpaired) electrons. The van der Waals surface area contributed by atoms with E-state index in [0.29, 0.717) is 5.13 Å². The lowest BCUT2D eigenvalue weighted by Gasteiger charge is -2.10. The number of fused-ring (bicyclic) bond motifs is 1. The Morgan fingerprint density at radius 3 is 2.78 bits per heavy atom. The largest absolute Gasteiger partial charge is 0.301 e. The number of carbonyl (C=O) groups is 1. The number of thiazole rings is 1. The molecule has 1 aromatic heterocycles. The van der Waals surface area contributed by atoms with Crippen LogP contribution in [0.4, 0.5) is 10.8 Å². The maximum Gasteiger partial charge on any atom is 0.269 e. The van der Waals surface area contributed by atoms with Gasteiger partial charge in [-0.2, -0.15) is 0 Å². The molecule has 120 valence electrons. The Morgan fingerprint density at radius 2 is 2.13 bits per heavy atom. The molecular weight excluding hydrogens is 334 g/mol. The predicted molar refractivity (Wildman–Crippen MR) is 91.2 cm³/mol. The van der Waals surface area contributed by atoms with Crippen molar-refractivity contribution in [2.24, 2.45) is 0 Å². The van der Waals surface area contributed by atoms with E-state index in [2.05, 4.69) is 10.3 Å². The standard InChI is InChI=1S/C15H15N3O3S2/c1-9(22-11-7-5-10(6-8-11)18(20)21)14(19)17-15-16-12-3-2-4-13(12)23-15/h5-9H,2-4H2,1H3,(H,16,17,19)/t9-/m0/s1. The van der Waals surface area contributed by atoms with Gasteiger partial charge in [0.2, 0.25) is 5.91 Å². The number of hydrogen-bond donors (Lipinski definition) is 1. The second kappa shape index (κ2) is 6.67. The average molecular weight is 349 g/mol. The van der Waals surface area contributed by atoms with E-state index in [-0.39, 0.29) is 16.8 Å². The van der Waals surface area contributed by atoms with Crippen molar-refractivity contribution in [2.45, 2.75) is 36.3 Å². The summed E-state index contributed by atoms with van der Waals surface area (Å²) in [6.45, 7) is 1.81. The number of carbonyl (C=O) groups excluding carboxylic acids is 1. The molecule has 0 fully saturated rings. The van der Waals surface area contributed by atoms with Crippen LogP contribution in [0.5, 0.6) is 0 Å². The minimum absolute atomic E-state index is 0.0451. The average Bonchev–Trinajstić information content (AvgIpc) is 3.08. The first-order valence-electron chi connectivity index (χ1n) is 7.23. The SMILES string of the molecule is C[C@H](Sc1ccc([N+](=O)[O-])cc1)C(=O)Nc1nc2c(s1)CCC2. The van der Waals surface area contributed by atoms with Gasteiger partial charge >= 0.3 is 0 Å². The van der Waals surface area contributed by atoms with Gasteiger partial charge in [-0.3, -0.25) is 14.9 Å². The molecule has 1 aliphatic rings. The van der Waals surface area contributed by atoms with E-state index in [0.717, 1.165) is 29.9 Å². The molecule has 6 nitrogen and oxygen atoms in total. The molecule has 1 heterocycles. The third kappa shape index (κ3) is 3.70. The molecule has 1 aromatic carbocycles. The number of aryl methyl sites for hydroxylation is 2. The maximum atomic E-state index is 12.2. The molecule has 23 heavy (non-hydrogen) atoms. The number of rotatable bonds is 5. The van der Waals surface area contributed by atoms with Gasteiger partial charge in [0.1, 0.15) is 0 Å². The molecule has 1 aliphatic carbocycles.